The maximum Gasteiger partial charge on any atom is 0.0462 e. The van der Waals surface area contributed by atoms with E-state index in [9.17, 15) is 0 Å². The van der Waals surface area contributed by atoms with Crippen LogP contribution in [0.15, 0.2) is 250 Å². The van der Waals surface area contributed by atoms with Crippen LogP contribution in [0.4, 0.5) is 34.1 Å². The topological polar surface area (TPSA) is 6.48 Å². The van der Waals surface area contributed by atoms with E-state index in [0.717, 1.165) is 34.1 Å². The Morgan fingerprint density at radius 1 is 0.226 bits per heavy atom. The molecule has 4 heteroatoms. The van der Waals surface area contributed by atoms with Gasteiger partial charge in [0.15, 0.2) is 0 Å². The lowest BCUT2D eigenvalue weighted by Gasteiger charge is -2.27. The largest absolute Gasteiger partial charge is 0.311 e. The van der Waals surface area contributed by atoms with Gasteiger partial charge in [-0.3, -0.25) is 0 Å². The minimum atomic E-state index is 1.13. The summed E-state index contributed by atoms with van der Waals surface area (Å²) in [5.41, 5.74) is 16.9. The van der Waals surface area contributed by atoms with Crippen molar-refractivity contribution in [1.82, 2.24) is 0 Å². The summed E-state index contributed by atoms with van der Waals surface area (Å²) in [6.07, 6.45) is 0. The minimum Gasteiger partial charge on any atom is -0.311 e. The van der Waals surface area contributed by atoms with Gasteiger partial charge in [-0.05, 0) is 142 Å². The standard InChI is InChI=1S/C58H38N2S2/c1-5-13-43(14-6-1)59(44-15-7-2-8-16-44)47-27-21-39(22-28-47)41-25-31-49-51-33-34-52-50-32-26-42(38-56(50)62-54-36-35-53(57(51)58(52)54)61-55(49)37-41)40-23-29-48(30-24-40)60(45-17-9-3-10-18-45)46-19-11-4-12-20-46/h1-38H. The van der Waals surface area contributed by atoms with E-state index >= 15 is 0 Å². The molecule has 0 N–H and O–H groups in total. The first-order valence-electron chi connectivity index (χ1n) is 21.0. The monoisotopic (exact) mass is 826 g/mol. The highest BCUT2D eigenvalue weighted by molar-refractivity contribution is 8.00. The summed E-state index contributed by atoms with van der Waals surface area (Å²) in [5, 5.41) is 2.74. The predicted octanol–water partition coefficient (Wildman–Crippen LogP) is 17.4. The van der Waals surface area contributed by atoms with Crippen molar-refractivity contribution in [3.8, 4) is 44.5 Å². The molecule has 10 aromatic carbocycles. The zero-order valence-corrected chi connectivity index (χ0v) is 35.3. The number of hydrogen-bond acceptors (Lipinski definition) is 4. The Morgan fingerprint density at radius 2 is 0.516 bits per heavy atom. The van der Waals surface area contributed by atoms with Gasteiger partial charge in [0, 0.05) is 64.5 Å². The number of anilines is 6. The number of para-hydroxylation sites is 4. The number of hydrogen-bond donors (Lipinski definition) is 0. The van der Waals surface area contributed by atoms with Gasteiger partial charge < -0.3 is 9.80 Å². The first-order valence-corrected chi connectivity index (χ1v) is 22.6. The molecular formula is C58H38N2S2. The predicted molar refractivity (Wildman–Crippen MR) is 263 cm³/mol. The summed E-state index contributed by atoms with van der Waals surface area (Å²) in [6.45, 7) is 0. The summed E-state index contributed by atoms with van der Waals surface area (Å²) in [6, 6.07) is 83.7. The average Bonchev–Trinajstić information content (AvgIpc) is 3.34. The molecule has 0 unspecified atom stereocenters. The van der Waals surface area contributed by atoms with E-state index in [-0.39, 0.29) is 0 Å². The normalized spacial score (nSPS) is 12.1. The van der Waals surface area contributed by atoms with E-state index in [1.54, 1.807) is 0 Å². The molecule has 0 atom stereocenters. The lowest BCUT2D eigenvalue weighted by molar-refractivity contribution is 1.28. The van der Waals surface area contributed by atoms with Crippen molar-refractivity contribution in [1.29, 1.82) is 0 Å². The van der Waals surface area contributed by atoms with Crippen molar-refractivity contribution in [3.63, 3.8) is 0 Å². The third-order valence-corrected chi connectivity index (χ3v) is 14.3. The molecule has 2 heterocycles. The Hall–Kier alpha value is -7.24. The van der Waals surface area contributed by atoms with Gasteiger partial charge >= 0.3 is 0 Å². The van der Waals surface area contributed by atoms with E-state index in [4.69, 9.17) is 0 Å². The van der Waals surface area contributed by atoms with Crippen LogP contribution in [0.25, 0.3) is 55.3 Å². The minimum absolute atomic E-state index is 1.13. The zero-order valence-electron chi connectivity index (χ0n) is 33.7. The highest BCUT2D eigenvalue weighted by Gasteiger charge is 2.27. The Bertz CT molecular complexity index is 2960. The fraction of sp³-hybridized carbons (Fsp3) is 0. The van der Waals surface area contributed by atoms with E-state index in [1.807, 2.05) is 23.5 Å². The highest BCUT2D eigenvalue weighted by atomic mass is 32.2. The summed E-state index contributed by atoms with van der Waals surface area (Å²) in [5.74, 6) is 0. The summed E-state index contributed by atoms with van der Waals surface area (Å²) in [4.78, 5) is 9.86. The fourth-order valence-electron chi connectivity index (χ4n) is 9.11. The van der Waals surface area contributed by atoms with Gasteiger partial charge in [0.2, 0.25) is 0 Å². The molecule has 0 bridgehead atoms. The molecule has 0 spiro atoms. The molecule has 12 rings (SSSR count). The van der Waals surface area contributed by atoms with Gasteiger partial charge in [-0.15, -0.1) is 0 Å². The molecule has 62 heavy (non-hydrogen) atoms. The van der Waals surface area contributed by atoms with Crippen LogP contribution < -0.4 is 9.80 Å². The quantitative estimate of drug-likeness (QED) is 0.150. The van der Waals surface area contributed by atoms with Crippen LogP contribution in [0.3, 0.4) is 0 Å². The van der Waals surface area contributed by atoms with E-state index in [1.165, 1.54) is 74.9 Å². The summed E-state index contributed by atoms with van der Waals surface area (Å²) >= 11 is 3.80. The first kappa shape index (κ1) is 36.6. The zero-order chi connectivity index (χ0) is 41.0. The fourth-order valence-corrected chi connectivity index (χ4v) is 11.4. The molecule has 0 fully saturated rings. The molecule has 2 aliphatic rings. The van der Waals surface area contributed by atoms with Gasteiger partial charge in [-0.1, -0.05) is 157 Å². The smallest absolute Gasteiger partial charge is 0.0462 e. The maximum absolute atomic E-state index is 2.38. The van der Waals surface area contributed by atoms with Crippen molar-refractivity contribution in [2.24, 2.45) is 0 Å². The van der Waals surface area contributed by atoms with Crippen molar-refractivity contribution < 1.29 is 0 Å². The van der Waals surface area contributed by atoms with Gasteiger partial charge in [-0.2, -0.15) is 0 Å². The second-order valence-electron chi connectivity index (χ2n) is 15.7. The SMILES string of the molecule is c1ccc(N(c2ccccc2)c2ccc(-c3ccc4c(c3)Sc3ccc5c6c(ccc-4c36)-c3ccc(-c4ccc(N(c6ccccc6)c6ccccc6)cc4)cc3S5)cc2)cc1. The third-order valence-electron chi connectivity index (χ3n) is 12.0. The van der Waals surface area contributed by atoms with E-state index in [2.05, 4.69) is 240 Å². The Balaban J connectivity index is 0.843. The molecule has 2 nitrogen and oxygen atoms in total. The molecule has 0 amide bonds. The Labute approximate surface area is 370 Å². The summed E-state index contributed by atoms with van der Waals surface area (Å²) < 4.78 is 0. The second-order valence-corrected chi connectivity index (χ2v) is 17.9. The van der Waals surface area contributed by atoms with Crippen LogP contribution in [0.2, 0.25) is 0 Å². The molecule has 10 aromatic rings. The number of fused-ring (bicyclic) bond motifs is 4. The molecule has 0 aliphatic carbocycles. The van der Waals surface area contributed by atoms with Crippen LogP contribution in [-0.4, -0.2) is 0 Å². The molecule has 0 saturated heterocycles. The average molecular weight is 827 g/mol. The van der Waals surface area contributed by atoms with Crippen LogP contribution >= 0.6 is 23.5 Å². The van der Waals surface area contributed by atoms with E-state index < -0.39 is 0 Å². The summed E-state index contributed by atoms with van der Waals surface area (Å²) in [7, 11) is 0. The van der Waals surface area contributed by atoms with Crippen LogP contribution in [0.1, 0.15) is 0 Å². The van der Waals surface area contributed by atoms with Gasteiger partial charge in [0.05, 0.1) is 0 Å². The molecule has 2 aliphatic heterocycles. The molecule has 0 saturated carbocycles. The van der Waals surface area contributed by atoms with Crippen LogP contribution in [-0.2, 0) is 0 Å². The van der Waals surface area contributed by atoms with Crippen molar-refractivity contribution >= 4 is 68.4 Å². The number of rotatable bonds is 8. The highest BCUT2D eigenvalue weighted by Crippen LogP contribution is 2.56. The molecule has 292 valence electrons. The number of nitrogens with zero attached hydrogens (tertiary/aromatic N) is 2. The first-order chi connectivity index (χ1) is 30.7. The molecule has 0 radical (unpaired) electrons. The van der Waals surface area contributed by atoms with Gasteiger partial charge in [0.1, 0.15) is 0 Å². The van der Waals surface area contributed by atoms with Crippen LogP contribution in [0.5, 0.6) is 0 Å². The third kappa shape index (κ3) is 6.39. The van der Waals surface area contributed by atoms with Crippen molar-refractivity contribution in [3.05, 3.63) is 231 Å². The molecular weight excluding hydrogens is 789 g/mol. The maximum atomic E-state index is 2.38. The van der Waals surface area contributed by atoms with Gasteiger partial charge in [-0.25, -0.2) is 0 Å². The number of benzene rings is 10. The lowest BCUT2D eigenvalue weighted by Crippen LogP contribution is -2.09. The van der Waals surface area contributed by atoms with Gasteiger partial charge in [0.25, 0.3) is 0 Å². The lowest BCUT2D eigenvalue weighted by atomic mass is 9.90. The Morgan fingerprint density at radius 3 is 0.855 bits per heavy atom. The second kappa shape index (κ2) is 15.3. The molecule has 0 aromatic heterocycles. The van der Waals surface area contributed by atoms with Crippen molar-refractivity contribution in [2.75, 3.05) is 9.80 Å². The van der Waals surface area contributed by atoms with E-state index in [0.29, 0.717) is 0 Å². The van der Waals surface area contributed by atoms with Crippen molar-refractivity contribution in [2.45, 2.75) is 19.6 Å². The Kier molecular flexibility index (Phi) is 9.06. The van der Waals surface area contributed by atoms with Crippen LogP contribution in [0, 0.1) is 0 Å².